The lowest BCUT2D eigenvalue weighted by Gasteiger charge is -2.18. The van der Waals surface area contributed by atoms with Gasteiger partial charge in [-0.25, -0.2) is 14.2 Å². The van der Waals surface area contributed by atoms with Gasteiger partial charge in [-0.15, -0.1) is 0 Å². The van der Waals surface area contributed by atoms with E-state index in [2.05, 4.69) is 32.1 Å². The molecule has 0 aliphatic heterocycles. The van der Waals surface area contributed by atoms with Gasteiger partial charge in [0.05, 0.1) is 23.3 Å². The van der Waals surface area contributed by atoms with Crippen LogP contribution in [0.15, 0.2) is 18.9 Å². The quantitative estimate of drug-likeness (QED) is 0.726. The highest BCUT2D eigenvalue weighted by molar-refractivity contribution is 5.92. The first-order valence-electron chi connectivity index (χ1n) is 7.69. The third-order valence-corrected chi connectivity index (χ3v) is 3.50. The van der Waals surface area contributed by atoms with E-state index in [0.29, 0.717) is 41.7 Å². The van der Waals surface area contributed by atoms with Crippen molar-refractivity contribution in [1.82, 2.24) is 25.1 Å². The molecule has 0 radical (unpaired) electrons. The molecule has 24 heavy (non-hydrogen) atoms. The van der Waals surface area contributed by atoms with Crippen LogP contribution in [0.3, 0.4) is 0 Å². The van der Waals surface area contributed by atoms with Crippen LogP contribution < -0.4 is 5.32 Å². The molecule has 0 saturated heterocycles. The molecular weight excluding hydrogens is 311 g/mol. The summed E-state index contributed by atoms with van der Waals surface area (Å²) >= 11 is 0. The molecule has 0 atom stereocenters. The predicted molar refractivity (Wildman–Crippen MR) is 93.2 cm³/mol. The normalized spacial score (nSPS) is 11.0. The van der Waals surface area contributed by atoms with Gasteiger partial charge in [-0.3, -0.25) is 5.10 Å². The molecule has 2 aromatic heterocycles. The number of carbonyl (C=O) groups is 1. The van der Waals surface area contributed by atoms with Gasteiger partial charge in [0.2, 0.25) is 0 Å². The highest BCUT2D eigenvalue weighted by Gasteiger charge is 2.17. The van der Waals surface area contributed by atoms with Gasteiger partial charge in [0.25, 0.3) is 0 Å². The number of urea groups is 1. The number of rotatable bonds is 7. The Kier molecular flexibility index (Phi) is 5.89. The van der Waals surface area contributed by atoms with E-state index in [9.17, 15) is 9.18 Å². The van der Waals surface area contributed by atoms with Crippen molar-refractivity contribution in [3.63, 3.8) is 0 Å². The molecule has 7 nitrogen and oxygen atoms in total. The molecule has 3 N–H and O–H groups in total. The zero-order valence-corrected chi connectivity index (χ0v) is 13.8. The zero-order valence-electron chi connectivity index (χ0n) is 13.8. The minimum absolute atomic E-state index is 0.212. The molecule has 0 aliphatic rings. The number of aromatic amines is 2. The topological polar surface area (TPSA) is 89.7 Å². The highest BCUT2D eigenvalue weighted by Crippen LogP contribution is 2.25. The van der Waals surface area contributed by atoms with Gasteiger partial charge in [0.1, 0.15) is 12.4 Å². The number of H-pyrrole nitrogens is 2. The summed E-state index contributed by atoms with van der Waals surface area (Å²) < 4.78 is 12.3. The number of hydrogen-bond donors (Lipinski definition) is 3. The molecule has 0 spiro atoms. The van der Waals surface area contributed by atoms with Crippen molar-refractivity contribution in [3.8, 4) is 11.5 Å². The summed E-state index contributed by atoms with van der Waals surface area (Å²) in [4.78, 5) is 21.3. The molecule has 2 aromatic rings. The summed E-state index contributed by atoms with van der Waals surface area (Å²) in [6.07, 6.45) is 6.06. The van der Waals surface area contributed by atoms with E-state index < -0.39 is 6.67 Å². The molecule has 0 saturated carbocycles. The maximum absolute atomic E-state index is 12.3. The largest absolute Gasteiger partial charge is 0.337 e. The van der Waals surface area contributed by atoms with Crippen molar-refractivity contribution in [2.24, 2.45) is 0 Å². The number of anilines is 1. The number of halogens is 1. The molecule has 2 amide bonds. The van der Waals surface area contributed by atoms with Crippen LogP contribution in [-0.2, 0) is 0 Å². The van der Waals surface area contributed by atoms with Crippen LogP contribution in [0, 0.1) is 0 Å². The average Bonchev–Trinajstić information content (AvgIpc) is 3.20. The van der Waals surface area contributed by atoms with E-state index in [4.69, 9.17) is 0 Å². The van der Waals surface area contributed by atoms with E-state index in [-0.39, 0.29) is 6.03 Å². The van der Waals surface area contributed by atoms with E-state index >= 15 is 0 Å². The summed E-state index contributed by atoms with van der Waals surface area (Å²) in [5, 5.41) is 9.59. The number of nitrogens with zero attached hydrogens (tertiary/aromatic N) is 3. The highest BCUT2D eigenvalue weighted by atomic mass is 19.1. The number of imidazole rings is 1. The van der Waals surface area contributed by atoms with Crippen LogP contribution in [0.4, 0.5) is 14.9 Å². The van der Waals surface area contributed by atoms with E-state index in [0.717, 1.165) is 0 Å². The zero-order chi connectivity index (χ0) is 17.5. The molecule has 2 heterocycles. The Morgan fingerprint density at radius 2 is 2.21 bits per heavy atom. The fourth-order valence-corrected chi connectivity index (χ4v) is 2.23. The second-order valence-corrected chi connectivity index (χ2v) is 4.91. The molecule has 0 unspecified atom stereocenters. The van der Waals surface area contributed by atoms with Crippen molar-refractivity contribution in [1.29, 1.82) is 0 Å². The van der Waals surface area contributed by atoms with E-state index in [1.165, 1.54) is 12.3 Å². The van der Waals surface area contributed by atoms with Gasteiger partial charge in [0, 0.05) is 13.1 Å². The van der Waals surface area contributed by atoms with E-state index in [1.807, 2.05) is 13.8 Å². The van der Waals surface area contributed by atoms with Crippen LogP contribution in [0.1, 0.15) is 25.2 Å². The molecule has 0 fully saturated rings. The van der Waals surface area contributed by atoms with Crippen LogP contribution >= 0.6 is 0 Å². The minimum atomic E-state index is -0.569. The average molecular weight is 332 g/mol. The van der Waals surface area contributed by atoms with Gasteiger partial charge in [-0.2, -0.15) is 5.10 Å². The van der Waals surface area contributed by atoms with Crippen LogP contribution in [0.5, 0.6) is 0 Å². The maximum atomic E-state index is 12.3. The van der Waals surface area contributed by atoms with Gasteiger partial charge < -0.3 is 15.2 Å². The summed E-state index contributed by atoms with van der Waals surface area (Å²) in [7, 11) is 0. The third-order valence-electron chi connectivity index (χ3n) is 3.50. The molecule has 0 aromatic carbocycles. The third kappa shape index (κ3) is 3.70. The number of allylic oxidation sites excluding steroid dienone is 1. The maximum Gasteiger partial charge on any atom is 0.321 e. The number of alkyl halides is 1. The van der Waals surface area contributed by atoms with Crippen molar-refractivity contribution >= 4 is 23.9 Å². The van der Waals surface area contributed by atoms with Crippen molar-refractivity contribution < 1.29 is 9.18 Å². The lowest BCUT2D eigenvalue weighted by atomic mass is 10.3. The smallest absolute Gasteiger partial charge is 0.321 e. The number of aromatic nitrogens is 4. The second kappa shape index (κ2) is 8.09. The summed E-state index contributed by atoms with van der Waals surface area (Å²) in [5.74, 6) is 0.482. The Morgan fingerprint density at radius 3 is 2.83 bits per heavy atom. The molecular formula is C16H21FN6O. The number of amides is 2. The van der Waals surface area contributed by atoms with Crippen LogP contribution in [0.2, 0.25) is 0 Å². The Balaban J connectivity index is 2.30. The molecule has 8 heteroatoms. The number of hydrogen-bond acceptors (Lipinski definition) is 3. The fourth-order valence-electron chi connectivity index (χ4n) is 2.23. The standard InChI is InChI=1S/C16H21FN6O/c1-4-11-12(8-7-9-17)20-15(19-11)14-13(10-18-22-14)21-16(24)23(5-2)6-3/h4,7-8,10H,1,5-6,9H2,2-3H3,(H,18,22)(H,19,20)(H,21,24)/b8-7-. The summed E-state index contributed by atoms with van der Waals surface area (Å²) in [6, 6.07) is -0.212. The van der Waals surface area contributed by atoms with Crippen LogP contribution in [0.25, 0.3) is 23.7 Å². The van der Waals surface area contributed by atoms with Gasteiger partial charge in [-0.05, 0) is 26.0 Å². The summed E-state index contributed by atoms with van der Waals surface area (Å²) in [5.41, 5.74) is 2.27. The van der Waals surface area contributed by atoms with Crippen molar-refractivity contribution in [3.05, 3.63) is 30.2 Å². The Morgan fingerprint density at radius 1 is 1.46 bits per heavy atom. The Labute approximate surface area is 139 Å². The first-order valence-corrected chi connectivity index (χ1v) is 7.69. The van der Waals surface area contributed by atoms with Crippen molar-refractivity contribution in [2.45, 2.75) is 13.8 Å². The number of nitrogens with one attached hydrogen (secondary N) is 3. The number of carbonyl (C=O) groups excluding carboxylic acids is 1. The first-order chi connectivity index (χ1) is 11.6. The lowest BCUT2D eigenvalue weighted by Crippen LogP contribution is -2.34. The molecule has 0 bridgehead atoms. The van der Waals surface area contributed by atoms with Gasteiger partial charge in [0.15, 0.2) is 5.82 Å². The fraction of sp³-hybridized carbons (Fsp3) is 0.312. The minimum Gasteiger partial charge on any atom is -0.337 e. The van der Waals surface area contributed by atoms with Gasteiger partial charge >= 0.3 is 6.03 Å². The lowest BCUT2D eigenvalue weighted by molar-refractivity contribution is 0.217. The SMILES string of the molecule is C=Cc1nc(-c2[nH]ncc2NC(=O)N(CC)CC)[nH]c1/C=C\CF. The van der Waals surface area contributed by atoms with Gasteiger partial charge in [-0.1, -0.05) is 12.7 Å². The monoisotopic (exact) mass is 332 g/mol. The molecule has 2 rings (SSSR count). The van der Waals surface area contributed by atoms with E-state index in [1.54, 1.807) is 17.1 Å². The summed E-state index contributed by atoms with van der Waals surface area (Å²) in [6.45, 7) is 8.16. The Bertz CT molecular complexity index is 729. The molecule has 128 valence electrons. The second-order valence-electron chi connectivity index (χ2n) is 4.91. The molecule has 0 aliphatic carbocycles. The Hall–Kier alpha value is -2.90. The predicted octanol–water partition coefficient (Wildman–Crippen LogP) is 3.30. The van der Waals surface area contributed by atoms with Crippen molar-refractivity contribution in [2.75, 3.05) is 25.1 Å². The van der Waals surface area contributed by atoms with Crippen LogP contribution in [-0.4, -0.2) is 50.9 Å². The first kappa shape index (κ1) is 17.5.